The molecule has 2 aromatic rings. The van der Waals surface area contributed by atoms with Crippen molar-refractivity contribution in [2.75, 3.05) is 12.8 Å². The lowest BCUT2D eigenvalue weighted by molar-refractivity contribution is 0.392. The summed E-state index contributed by atoms with van der Waals surface area (Å²) in [6, 6.07) is 1.87. The van der Waals surface area contributed by atoms with Crippen molar-refractivity contribution in [3.63, 3.8) is 0 Å². The lowest BCUT2D eigenvalue weighted by Crippen LogP contribution is -2.05. The summed E-state index contributed by atoms with van der Waals surface area (Å²) < 4.78 is 6.83. The largest absolute Gasteiger partial charge is 0.480 e. The average Bonchev–Trinajstić information content (AvgIpc) is 2.64. The van der Waals surface area contributed by atoms with E-state index in [0.29, 0.717) is 23.9 Å². The van der Waals surface area contributed by atoms with Crippen LogP contribution in [0.15, 0.2) is 12.3 Å². The molecule has 2 rings (SSSR count). The van der Waals surface area contributed by atoms with Crippen LogP contribution in [0, 0.1) is 6.92 Å². The topological polar surface area (TPSA) is 78.9 Å². The molecule has 0 saturated carbocycles. The Balaban J connectivity index is 2.27. The van der Waals surface area contributed by atoms with E-state index in [4.69, 9.17) is 10.5 Å². The predicted octanol–water partition coefficient (Wildman–Crippen LogP) is 0.700. The number of methoxy groups -OCH3 is 1. The van der Waals surface area contributed by atoms with Crippen LogP contribution in [0.25, 0.3) is 0 Å². The molecule has 0 spiro atoms. The van der Waals surface area contributed by atoms with Gasteiger partial charge >= 0.3 is 0 Å². The van der Waals surface area contributed by atoms with Gasteiger partial charge in [0.2, 0.25) is 5.88 Å². The van der Waals surface area contributed by atoms with Gasteiger partial charge in [0.15, 0.2) is 0 Å². The molecule has 0 aliphatic carbocycles. The Morgan fingerprint density at radius 2 is 2.24 bits per heavy atom. The number of hydrogen-bond donors (Lipinski definition) is 1. The summed E-state index contributed by atoms with van der Waals surface area (Å²) in [5.74, 6) is 1.78. The van der Waals surface area contributed by atoms with E-state index in [9.17, 15) is 0 Å². The maximum absolute atomic E-state index is 5.85. The van der Waals surface area contributed by atoms with Gasteiger partial charge in [-0.2, -0.15) is 0 Å². The molecule has 90 valence electrons. The second-order valence-electron chi connectivity index (χ2n) is 3.81. The monoisotopic (exact) mass is 233 g/mol. The second-order valence-corrected chi connectivity index (χ2v) is 3.81. The Kier molecular flexibility index (Phi) is 2.95. The van der Waals surface area contributed by atoms with E-state index in [2.05, 4.69) is 15.1 Å². The van der Waals surface area contributed by atoms with E-state index in [1.807, 2.05) is 20.0 Å². The minimum Gasteiger partial charge on any atom is -0.480 e. The zero-order chi connectivity index (χ0) is 12.4. The number of nitrogen functional groups attached to an aromatic ring is 1. The molecule has 0 saturated heterocycles. The van der Waals surface area contributed by atoms with Crippen LogP contribution in [-0.4, -0.2) is 26.9 Å². The van der Waals surface area contributed by atoms with E-state index in [1.54, 1.807) is 18.0 Å². The second kappa shape index (κ2) is 4.40. The van der Waals surface area contributed by atoms with Gasteiger partial charge in [-0.05, 0) is 6.92 Å². The molecular weight excluding hydrogens is 218 g/mol. The number of nitrogens with zero attached hydrogens (tertiary/aromatic N) is 4. The fraction of sp³-hybridized carbons (Fsp3) is 0.364. The van der Waals surface area contributed by atoms with E-state index in [0.717, 1.165) is 11.3 Å². The highest BCUT2D eigenvalue weighted by Gasteiger charge is 2.09. The Bertz CT molecular complexity index is 535. The third-order valence-electron chi connectivity index (χ3n) is 2.55. The van der Waals surface area contributed by atoms with Gasteiger partial charge in [-0.3, -0.25) is 4.68 Å². The Morgan fingerprint density at radius 1 is 1.47 bits per heavy atom. The normalized spacial score (nSPS) is 10.5. The zero-order valence-electron chi connectivity index (χ0n) is 10.1. The maximum atomic E-state index is 5.85. The quantitative estimate of drug-likeness (QED) is 0.844. The smallest absolute Gasteiger partial charge is 0.232 e. The Labute approximate surface area is 99.4 Å². The first-order chi connectivity index (χ1) is 8.10. The van der Waals surface area contributed by atoms with E-state index in [1.165, 1.54) is 0 Å². The molecule has 0 unspecified atom stereocenters. The molecule has 0 fully saturated rings. The van der Waals surface area contributed by atoms with Crippen LogP contribution in [0.5, 0.6) is 5.88 Å². The molecule has 6 heteroatoms. The number of rotatable bonds is 3. The molecule has 0 aromatic carbocycles. The van der Waals surface area contributed by atoms with E-state index < -0.39 is 0 Å². The van der Waals surface area contributed by atoms with Crippen molar-refractivity contribution in [1.82, 2.24) is 19.7 Å². The Morgan fingerprint density at radius 3 is 2.82 bits per heavy atom. The molecule has 0 aliphatic heterocycles. The van der Waals surface area contributed by atoms with Gasteiger partial charge < -0.3 is 10.5 Å². The lowest BCUT2D eigenvalue weighted by atomic mass is 10.1. The van der Waals surface area contributed by atoms with E-state index in [-0.39, 0.29) is 0 Å². The van der Waals surface area contributed by atoms with Gasteiger partial charge in [0, 0.05) is 37.0 Å². The van der Waals surface area contributed by atoms with Crippen LogP contribution in [-0.2, 0) is 13.5 Å². The van der Waals surface area contributed by atoms with Crippen LogP contribution in [0.1, 0.15) is 17.1 Å². The molecule has 2 aromatic heterocycles. The van der Waals surface area contributed by atoms with Gasteiger partial charge in [-0.15, -0.1) is 5.10 Å². The van der Waals surface area contributed by atoms with Crippen LogP contribution in [0.2, 0.25) is 0 Å². The number of ether oxygens (including phenoxy) is 1. The molecule has 0 atom stereocenters. The highest BCUT2D eigenvalue weighted by atomic mass is 16.5. The summed E-state index contributed by atoms with van der Waals surface area (Å²) in [6.45, 7) is 1.81. The summed E-state index contributed by atoms with van der Waals surface area (Å²) in [7, 11) is 3.46. The minimum absolute atomic E-state index is 0.512. The molecule has 2 heterocycles. The molecule has 2 N–H and O–H groups in total. The Hall–Kier alpha value is -2.11. The number of hydrogen-bond acceptors (Lipinski definition) is 5. The number of aryl methyl sites for hydroxylation is 2. The van der Waals surface area contributed by atoms with Crippen molar-refractivity contribution in [1.29, 1.82) is 0 Å². The molecule has 0 aliphatic rings. The fourth-order valence-electron chi connectivity index (χ4n) is 1.59. The number of anilines is 1. The zero-order valence-corrected chi connectivity index (χ0v) is 10.1. The predicted molar refractivity (Wildman–Crippen MR) is 63.7 cm³/mol. The standard InChI is InChI=1S/C11H15N5O/c1-7-13-6-8(11(12)14-7)4-9-5-10(17-3)15-16(9)2/h5-6H,4H2,1-3H3,(H2,12,13,14). The third kappa shape index (κ3) is 2.35. The summed E-state index contributed by atoms with van der Waals surface area (Å²) in [5.41, 5.74) is 7.74. The van der Waals surface area contributed by atoms with Gasteiger partial charge in [0.25, 0.3) is 0 Å². The van der Waals surface area contributed by atoms with Crippen LogP contribution in [0.4, 0.5) is 5.82 Å². The summed E-state index contributed by atoms with van der Waals surface area (Å²) in [5, 5.41) is 4.19. The van der Waals surface area contributed by atoms with Gasteiger partial charge in [-0.1, -0.05) is 0 Å². The lowest BCUT2D eigenvalue weighted by Gasteiger charge is -2.04. The van der Waals surface area contributed by atoms with Crippen molar-refractivity contribution in [3.8, 4) is 5.88 Å². The fourth-order valence-corrected chi connectivity index (χ4v) is 1.59. The molecule has 6 nitrogen and oxygen atoms in total. The molecular formula is C11H15N5O. The van der Waals surface area contributed by atoms with Crippen molar-refractivity contribution in [2.24, 2.45) is 7.05 Å². The summed E-state index contributed by atoms with van der Waals surface area (Å²) >= 11 is 0. The van der Waals surface area contributed by atoms with Crippen LogP contribution in [0.3, 0.4) is 0 Å². The number of aromatic nitrogens is 4. The first-order valence-corrected chi connectivity index (χ1v) is 5.25. The highest BCUT2D eigenvalue weighted by molar-refractivity contribution is 5.40. The highest BCUT2D eigenvalue weighted by Crippen LogP contribution is 2.17. The van der Waals surface area contributed by atoms with Crippen molar-refractivity contribution in [3.05, 3.63) is 29.3 Å². The first-order valence-electron chi connectivity index (χ1n) is 5.25. The van der Waals surface area contributed by atoms with E-state index >= 15 is 0 Å². The van der Waals surface area contributed by atoms with Gasteiger partial charge in [0.05, 0.1) is 7.11 Å². The molecule has 17 heavy (non-hydrogen) atoms. The van der Waals surface area contributed by atoms with Crippen LogP contribution >= 0.6 is 0 Å². The maximum Gasteiger partial charge on any atom is 0.232 e. The van der Waals surface area contributed by atoms with Crippen molar-refractivity contribution in [2.45, 2.75) is 13.3 Å². The SMILES string of the molecule is COc1cc(Cc2cnc(C)nc2N)n(C)n1. The summed E-state index contributed by atoms with van der Waals surface area (Å²) in [6.07, 6.45) is 2.39. The van der Waals surface area contributed by atoms with Gasteiger partial charge in [0.1, 0.15) is 11.6 Å². The number of nitrogens with two attached hydrogens (primary N) is 1. The third-order valence-corrected chi connectivity index (χ3v) is 2.55. The molecule has 0 radical (unpaired) electrons. The van der Waals surface area contributed by atoms with Gasteiger partial charge in [-0.25, -0.2) is 9.97 Å². The summed E-state index contributed by atoms with van der Waals surface area (Å²) in [4.78, 5) is 8.27. The van der Waals surface area contributed by atoms with Crippen LogP contribution < -0.4 is 10.5 Å². The minimum atomic E-state index is 0.512. The van der Waals surface area contributed by atoms with Crippen molar-refractivity contribution >= 4 is 5.82 Å². The van der Waals surface area contributed by atoms with Crippen molar-refractivity contribution < 1.29 is 4.74 Å². The average molecular weight is 233 g/mol. The first kappa shape index (κ1) is 11.4. The molecule has 0 bridgehead atoms. The molecule has 0 amide bonds.